The van der Waals surface area contributed by atoms with E-state index in [0.29, 0.717) is 12.3 Å². The minimum absolute atomic E-state index is 0.0857. The topological polar surface area (TPSA) is 123 Å². The summed E-state index contributed by atoms with van der Waals surface area (Å²) in [5.74, 6) is -0.148. The number of ether oxygens (including phenoxy) is 2. The lowest BCUT2D eigenvalue weighted by Crippen LogP contribution is -2.36. The van der Waals surface area contributed by atoms with Crippen LogP contribution in [0.4, 0.5) is 0 Å². The third kappa shape index (κ3) is 5.93. The van der Waals surface area contributed by atoms with Crippen LogP contribution in [0, 0.1) is 0 Å². The predicted octanol–water partition coefficient (Wildman–Crippen LogP) is 0.658. The summed E-state index contributed by atoms with van der Waals surface area (Å²) in [5.41, 5.74) is 0.963. The molecule has 0 aliphatic rings. The van der Waals surface area contributed by atoms with Crippen LogP contribution in [0.2, 0.25) is 0 Å². The van der Waals surface area contributed by atoms with Crippen molar-refractivity contribution < 1.29 is 27.5 Å². The van der Waals surface area contributed by atoms with E-state index in [4.69, 9.17) is 9.47 Å². The number of benzene rings is 2. The summed E-state index contributed by atoms with van der Waals surface area (Å²) in [7, 11) is 0.342. The third-order valence-corrected chi connectivity index (χ3v) is 5.48. The Morgan fingerprint density at radius 3 is 2.24 bits per heavy atom. The van der Waals surface area contributed by atoms with E-state index in [2.05, 4.69) is 15.4 Å². The number of rotatable bonds is 9. The Morgan fingerprint density at radius 2 is 1.66 bits per heavy atom. The summed E-state index contributed by atoms with van der Waals surface area (Å²) in [6, 6.07) is 11.2. The molecular formula is C19H23N3O6S. The van der Waals surface area contributed by atoms with Crippen LogP contribution in [0.5, 0.6) is 11.5 Å². The average Bonchev–Trinajstić information content (AvgIpc) is 2.75. The van der Waals surface area contributed by atoms with Gasteiger partial charge in [0.1, 0.15) is 16.4 Å². The minimum atomic E-state index is -3.82. The summed E-state index contributed by atoms with van der Waals surface area (Å²) in [4.78, 5) is 24.1. The van der Waals surface area contributed by atoms with Gasteiger partial charge in [0.05, 0.1) is 20.8 Å². The summed E-state index contributed by atoms with van der Waals surface area (Å²) >= 11 is 0. The minimum Gasteiger partial charge on any atom is -0.497 e. The quantitative estimate of drug-likeness (QED) is 0.547. The number of carbonyl (C=O) groups excluding carboxylic acids is 2. The van der Waals surface area contributed by atoms with Gasteiger partial charge in [0.15, 0.2) is 0 Å². The van der Waals surface area contributed by atoms with Gasteiger partial charge in [-0.25, -0.2) is 13.1 Å². The highest BCUT2D eigenvalue weighted by Crippen LogP contribution is 2.24. The number of hydrogen-bond donors (Lipinski definition) is 3. The molecule has 0 saturated carbocycles. The normalized spacial score (nSPS) is 10.9. The lowest BCUT2D eigenvalue weighted by molar-refractivity contribution is -0.120. The Morgan fingerprint density at radius 1 is 0.966 bits per heavy atom. The molecule has 0 fully saturated rings. The van der Waals surface area contributed by atoms with Crippen molar-refractivity contribution >= 4 is 21.8 Å². The number of sulfonamides is 1. The van der Waals surface area contributed by atoms with Gasteiger partial charge in [-0.05, 0) is 42.9 Å². The molecule has 29 heavy (non-hydrogen) atoms. The molecule has 0 aliphatic heterocycles. The van der Waals surface area contributed by atoms with Gasteiger partial charge >= 0.3 is 0 Å². The van der Waals surface area contributed by atoms with E-state index in [0.717, 1.165) is 5.56 Å². The molecule has 0 heterocycles. The third-order valence-electron chi connectivity index (χ3n) is 4.04. The Kier molecular flexibility index (Phi) is 7.57. The maximum Gasteiger partial charge on any atom is 0.251 e. The summed E-state index contributed by atoms with van der Waals surface area (Å²) in [5, 5.41) is 5.15. The van der Waals surface area contributed by atoms with Gasteiger partial charge in [0, 0.05) is 12.1 Å². The summed E-state index contributed by atoms with van der Waals surface area (Å²) < 4.78 is 36.5. The van der Waals surface area contributed by atoms with E-state index < -0.39 is 15.9 Å². The molecule has 0 aliphatic carbocycles. The van der Waals surface area contributed by atoms with E-state index >= 15 is 0 Å². The van der Waals surface area contributed by atoms with E-state index in [1.807, 2.05) is 12.1 Å². The van der Waals surface area contributed by atoms with Crippen LogP contribution in [0.25, 0.3) is 0 Å². The Labute approximate surface area is 169 Å². The van der Waals surface area contributed by atoms with Crippen LogP contribution in [0.15, 0.2) is 47.4 Å². The SMILES string of the molecule is CNS(=O)(=O)c1cc(C(=O)NCC(=O)NCc2ccc(OC)cc2)ccc1OC. The second-order valence-electron chi connectivity index (χ2n) is 5.88. The van der Waals surface area contributed by atoms with Gasteiger partial charge in [-0.3, -0.25) is 9.59 Å². The van der Waals surface area contributed by atoms with Crippen LogP contribution in [0.3, 0.4) is 0 Å². The largest absolute Gasteiger partial charge is 0.497 e. The number of carbonyl (C=O) groups is 2. The molecule has 9 nitrogen and oxygen atoms in total. The van der Waals surface area contributed by atoms with E-state index in [-0.39, 0.29) is 28.7 Å². The first kappa shape index (κ1) is 22.2. The number of methoxy groups -OCH3 is 2. The van der Waals surface area contributed by atoms with Crippen molar-refractivity contribution in [2.24, 2.45) is 0 Å². The first-order valence-corrected chi connectivity index (χ1v) is 10.1. The molecule has 3 N–H and O–H groups in total. The molecule has 0 aromatic heterocycles. The van der Waals surface area contributed by atoms with Crippen molar-refractivity contribution in [3.63, 3.8) is 0 Å². The molecule has 2 amide bonds. The zero-order valence-electron chi connectivity index (χ0n) is 16.3. The fourth-order valence-corrected chi connectivity index (χ4v) is 3.33. The van der Waals surface area contributed by atoms with Gasteiger partial charge < -0.3 is 20.1 Å². The molecule has 10 heteroatoms. The van der Waals surface area contributed by atoms with Crippen LogP contribution >= 0.6 is 0 Å². The zero-order chi connectivity index (χ0) is 21.4. The van der Waals surface area contributed by atoms with Crippen molar-refractivity contribution in [1.29, 1.82) is 0 Å². The Balaban J connectivity index is 1.95. The number of nitrogens with one attached hydrogen (secondary N) is 3. The van der Waals surface area contributed by atoms with Gasteiger partial charge in [0.25, 0.3) is 5.91 Å². The van der Waals surface area contributed by atoms with Crippen molar-refractivity contribution in [3.05, 3.63) is 53.6 Å². The molecule has 0 saturated heterocycles. The second kappa shape index (κ2) is 9.89. The molecule has 2 rings (SSSR count). The first-order valence-electron chi connectivity index (χ1n) is 8.60. The maximum atomic E-state index is 12.3. The van der Waals surface area contributed by atoms with Crippen molar-refractivity contribution in [2.75, 3.05) is 27.8 Å². The van der Waals surface area contributed by atoms with E-state index in [9.17, 15) is 18.0 Å². The average molecular weight is 421 g/mol. The van der Waals surface area contributed by atoms with Crippen molar-refractivity contribution in [2.45, 2.75) is 11.4 Å². The molecule has 0 unspecified atom stereocenters. The molecule has 2 aromatic rings. The second-order valence-corrected chi connectivity index (χ2v) is 7.74. The molecule has 0 radical (unpaired) electrons. The van der Waals surface area contributed by atoms with Crippen LogP contribution in [-0.4, -0.2) is 48.0 Å². The van der Waals surface area contributed by atoms with Gasteiger partial charge in [-0.2, -0.15) is 0 Å². The smallest absolute Gasteiger partial charge is 0.251 e. The maximum absolute atomic E-state index is 12.3. The lowest BCUT2D eigenvalue weighted by Gasteiger charge is -2.11. The predicted molar refractivity (Wildman–Crippen MR) is 106 cm³/mol. The molecule has 0 atom stereocenters. The zero-order valence-corrected chi connectivity index (χ0v) is 17.1. The number of hydrogen-bond acceptors (Lipinski definition) is 6. The number of amides is 2. The van der Waals surface area contributed by atoms with Crippen LogP contribution in [0.1, 0.15) is 15.9 Å². The fourth-order valence-electron chi connectivity index (χ4n) is 2.41. The monoisotopic (exact) mass is 421 g/mol. The highest BCUT2D eigenvalue weighted by molar-refractivity contribution is 7.89. The van der Waals surface area contributed by atoms with Gasteiger partial charge in [0.2, 0.25) is 15.9 Å². The van der Waals surface area contributed by atoms with E-state index in [1.54, 1.807) is 19.2 Å². The fraction of sp³-hybridized carbons (Fsp3) is 0.263. The van der Waals surface area contributed by atoms with Crippen molar-refractivity contribution in [3.8, 4) is 11.5 Å². The standard InChI is InChI=1S/C19H23N3O6S/c1-20-29(25,26)17-10-14(6-9-16(17)28-3)19(24)22-12-18(23)21-11-13-4-7-15(27-2)8-5-13/h4-10,20H,11-12H2,1-3H3,(H,21,23)(H,22,24). The molecule has 2 aromatic carbocycles. The summed E-state index contributed by atoms with van der Waals surface area (Å²) in [6.07, 6.45) is 0. The van der Waals surface area contributed by atoms with Crippen molar-refractivity contribution in [1.82, 2.24) is 15.4 Å². The highest BCUT2D eigenvalue weighted by Gasteiger charge is 2.20. The molecule has 0 spiro atoms. The van der Waals surface area contributed by atoms with E-state index in [1.165, 1.54) is 32.4 Å². The summed E-state index contributed by atoms with van der Waals surface area (Å²) in [6.45, 7) is 0.0426. The Hall–Kier alpha value is -3.11. The highest BCUT2D eigenvalue weighted by atomic mass is 32.2. The lowest BCUT2D eigenvalue weighted by atomic mass is 10.2. The van der Waals surface area contributed by atoms with Crippen LogP contribution < -0.4 is 24.8 Å². The first-order chi connectivity index (χ1) is 13.8. The van der Waals surface area contributed by atoms with Gasteiger partial charge in [-0.15, -0.1) is 0 Å². The van der Waals surface area contributed by atoms with Crippen LogP contribution in [-0.2, 0) is 21.4 Å². The molecule has 156 valence electrons. The Bertz CT molecular complexity index is 974. The molecular weight excluding hydrogens is 398 g/mol. The van der Waals surface area contributed by atoms with Gasteiger partial charge in [-0.1, -0.05) is 12.1 Å². The molecule has 0 bridgehead atoms.